The number of nitrogens with one attached hydrogen (secondary N) is 2. The molecule has 8 rings (SSSR count). The van der Waals surface area contributed by atoms with Gasteiger partial charge in [0.1, 0.15) is 17.6 Å². The SMILES string of the molecule is O=C(c1ccc(OCCCCCNC[C@H](O)c2ccc(O)c3[nH]c(=O)ccc23)cc1)N1CCC(C(=O)O[C@H]2CN3CCC2CC3)(c2ccccc2)CC1. The van der Waals surface area contributed by atoms with Crippen molar-refractivity contribution in [2.24, 2.45) is 5.92 Å². The molecule has 1 amide bonds. The topological polar surface area (TPSA) is 144 Å². The summed E-state index contributed by atoms with van der Waals surface area (Å²) in [5.74, 6) is 0.927. The first-order valence-corrected chi connectivity index (χ1v) is 19.1. The number of rotatable bonds is 14. The number of carbonyl (C=O) groups excluding carboxylic acids is 2. The second-order valence-corrected chi connectivity index (χ2v) is 14.8. The molecule has 11 nitrogen and oxygen atoms in total. The molecule has 11 heteroatoms. The summed E-state index contributed by atoms with van der Waals surface area (Å²) in [7, 11) is 0. The highest BCUT2D eigenvalue weighted by Crippen LogP contribution is 2.39. The van der Waals surface area contributed by atoms with Gasteiger partial charge in [0, 0.05) is 43.2 Å². The number of fused-ring (bicyclic) bond motifs is 4. The average molecular weight is 723 g/mol. The number of aliphatic hydroxyl groups excluding tert-OH is 1. The molecule has 4 aliphatic heterocycles. The molecule has 4 aromatic rings. The number of piperidine rings is 4. The zero-order valence-electron chi connectivity index (χ0n) is 30.2. The van der Waals surface area contributed by atoms with Gasteiger partial charge in [-0.05, 0) is 118 Å². The second kappa shape index (κ2) is 16.5. The number of esters is 1. The molecule has 0 aliphatic carbocycles. The van der Waals surface area contributed by atoms with Crippen molar-refractivity contribution in [2.75, 3.05) is 52.4 Å². The highest BCUT2D eigenvalue weighted by atomic mass is 16.5. The van der Waals surface area contributed by atoms with E-state index in [-0.39, 0.29) is 29.3 Å². The number of phenolic OH excluding ortho intramolecular Hbond substituents is 1. The summed E-state index contributed by atoms with van der Waals surface area (Å²) in [6, 6.07) is 23.4. The van der Waals surface area contributed by atoms with Crippen LogP contribution in [0.15, 0.2) is 83.7 Å². The number of aromatic amines is 1. The fourth-order valence-corrected chi connectivity index (χ4v) is 8.25. The van der Waals surface area contributed by atoms with Gasteiger partial charge in [-0.2, -0.15) is 0 Å². The largest absolute Gasteiger partial charge is 0.506 e. The monoisotopic (exact) mass is 722 g/mol. The van der Waals surface area contributed by atoms with E-state index in [0.29, 0.717) is 72.8 Å². The van der Waals surface area contributed by atoms with E-state index in [1.165, 1.54) is 12.1 Å². The van der Waals surface area contributed by atoms with Gasteiger partial charge in [0.15, 0.2) is 0 Å². The Bertz CT molecular complexity index is 1920. The molecule has 0 radical (unpaired) electrons. The van der Waals surface area contributed by atoms with Crippen molar-refractivity contribution in [1.29, 1.82) is 0 Å². The lowest BCUT2D eigenvalue weighted by atomic mass is 9.72. The number of ether oxygens (including phenoxy) is 2. The number of aromatic nitrogens is 1. The van der Waals surface area contributed by atoms with Crippen LogP contribution in [0, 0.1) is 5.92 Å². The van der Waals surface area contributed by atoms with Gasteiger partial charge in [0.25, 0.3) is 5.91 Å². The average Bonchev–Trinajstić information content (AvgIpc) is 3.20. The molecule has 0 saturated carbocycles. The zero-order chi connectivity index (χ0) is 36.8. The van der Waals surface area contributed by atoms with Gasteiger partial charge < -0.3 is 34.9 Å². The Morgan fingerprint density at radius 2 is 1.66 bits per heavy atom. The number of hydrogen-bond acceptors (Lipinski definition) is 9. The molecule has 5 heterocycles. The van der Waals surface area contributed by atoms with Crippen molar-refractivity contribution in [1.82, 2.24) is 20.1 Å². The highest BCUT2D eigenvalue weighted by molar-refractivity contribution is 5.95. The lowest BCUT2D eigenvalue weighted by molar-refractivity contribution is -0.167. The summed E-state index contributed by atoms with van der Waals surface area (Å²) >= 11 is 0. The number of aromatic hydroxyl groups is 1. The van der Waals surface area contributed by atoms with Crippen LogP contribution >= 0.6 is 0 Å². The van der Waals surface area contributed by atoms with E-state index < -0.39 is 11.5 Å². The van der Waals surface area contributed by atoms with Crippen molar-refractivity contribution in [3.05, 3.63) is 106 Å². The van der Waals surface area contributed by atoms with E-state index in [0.717, 1.165) is 63.8 Å². The molecule has 3 aromatic carbocycles. The Balaban J connectivity index is 0.833. The molecule has 1 aromatic heterocycles. The van der Waals surface area contributed by atoms with Gasteiger partial charge in [-0.25, -0.2) is 0 Å². The standard InChI is InChI=1S/C42H50N4O7/c47-35-15-13-33(34-14-16-38(49)44-39(34)35)36(48)27-43-21-5-2-6-26-52-32-11-9-30(10-12-32)40(50)46-24-19-42(20-25-46,31-7-3-1-4-8-31)41(51)53-37-28-45-22-17-29(37)18-23-45/h1,3-4,7-16,29,36-37,43,47-48H,2,5-6,17-28H2,(H,44,49)/t36-,37-/m0/s1. The summed E-state index contributed by atoms with van der Waals surface area (Å²) in [6.07, 6.45) is 5.09. The maximum atomic E-state index is 14.0. The minimum absolute atomic E-state index is 0.0308. The zero-order valence-corrected chi connectivity index (χ0v) is 30.2. The van der Waals surface area contributed by atoms with E-state index in [4.69, 9.17) is 9.47 Å². The van der Waals surface area contributed by atoms with Crippen LogP contribution < -0.4 is 15.6 Å². The molecule has 2 atom stereocenters. The van der Waals surface area contributed by atoms with Crippen molar-refractivity contribution >= 4 is 22.8 Å². The maximum Gasteiger partial charge on any atom is 0.317 e. The number of nitrogens with zero attached hydrogens (tertiary/aromatic N) is 2. The predicted molar refractivity (Wildman–Crippen MR) is 202 cm³/mol. The van der Waals surface area contributed by atoms with Crippen molar-refractivity contribution in [2.45, 2.75) is 62.6 Å². The Labute approximate surface area is 309 Å². The lowest BCUT2D eigenvalue weighted by Crippen LogP contribution is -2.55. The quantitative estimate of drug-likeness (QED) is 0.105. The van der Waals surface area contributed by atoms with E-state index >= 15 is 0 Å². The van der Waals surface area contributed by atoms with E-state index in [2.05, 4.69) is 15.2 Å². The molecule has 0 unspecified atom stereocenters. The van der Waals surface area contributed by atoms with Gasteiger partial charge >= 0.3 is 5.97 Å². The fourth-order valence-electron chi connectivity index (χ4n) is 8.25. The van der Waals surface area contributed by atoms with Crippen LogP contribution in [0.25, 0.3) is 10.9 Å². The molecule has 4 fully saturated rings. The number of aliphatic hydroxyl groups is 1. The van der Waals surface area contributed by atoms with Gasteiger partial charge in [0.2, 0.25) is 5.56 Å². The Kier molecular flexibility index (Phi) is 11.4. The minimum Gasteiger partial charge on any atom is -0.506 e. The molecule has 280 valence electrons. The first kappa shape index (κ1) is 36.6. The second-order valence-electron chi connectivity index (χ2n) is 14.8. The number of carbonyl (C=O) groups is 2. The third kappa shape index (κ3) is 8.27. The summed E-state index contributed by atoms with van der Waals surface area (Å²) in [5, 5.41) is 24.7. The Morgan fingerprint density at radius 3 is 2.38 bits per heavy atom. The van der Waals surface area contributed by atoms with Crippen LogP contribution in [0.2, 0.25) is 0 Å². The normalized spacial score (nSPS) is 21.3. The molecule has 4 aliphatic rings. The fraction of sp³-hybridized carbons (Fsp3) is 0.452. The number of H-pyrrole nitrogens is 1. The third-order valence-corrected chi connectivity index (χ3v) is 11.4. The lowest BCUT2D eigenvalue weighted by Gasteiger charge is -2.46. The highest BCUT2D eigenvalue weighted by Gasteiger charge is 2.47. The summed E-state index contributed by atoms with van der Waals surface area (Å²) in [4.78, 5) is 46.0. The molecular formula is C42H50N4O7. The van der Waals surface area contributed by atoms with Gasteiger partial charge in [-0.1, -0.05) is 36.4 Å². The Morgan fingerprint density at radius 1 is 0.906 bits per heavy atom. The number of likely N-dealkylation sites (tertiary alicyclic amines) is 1. The summed E-state index contributed by atoms with van der Waals surface area (Å²) < 4.78 is 12.2. The van der Waals surface area contributed by atoms with E-state index in [1.807, 2.05) is 59.5 Å². The van der Waals surface area contributed by atoms with Crippen LogP contribution in [0.3, 0.4) is 0 Å². The number of benzene rings is 3. The molecular weight excluding hydrogens is 672 g/mol. The maximum absolute atomic E-state index is 14.0. The van der Waals surface area contributed by atoms with E-state index in [9.17, 15) is 24.6 Å². The van der Waals surface area contributed by atoms with Gasteiger partial charge in [0.05, 0.1) is 23.6 Å². The van der Waals surface area contributed by atoms with Crippen LogP contribution in [0.5, 0.6) is 11.5 Å². The third-order valence-electron chi connectivity index (χ3n) is 11.4. The number of phenols is 1. The van der Waals surface area contributed by atoms with Crippen LogP contribution in [-0.4, -0.2) is 95.4 Å². The van der Waals surface area contributed by atoms with Crippen molar-refractivity contribution < 1.29 is 29.3 Å². The molecule has 0 spiro atoms. The van der Waals surface area contributed by atoms with Crippen molar-refractivity contribution in [3.8, 4) is 11.5 Å². The number of unbranched alkanes of at least 4 members (excludes halogenated alkanes) is 2. The molecule has 4 N–H and O–H groups in total. The van der Waals surface area contributed by atoms with E-state index in [1.54, 1.807) is 12.1 Å². The molecule has 4 saturated heterocycles. The smallest absolute Gasteiger partial charge is 0.317 e. The minimum atomic E-state index is -0.789. The predicted octanol–water partition coefficient (Wildman–Crippen LogP) is 4.92. The van der Waals surface area contributed by atoms with Crippen LogP contribution in [0.4, 0.5) is 0 Å². The Hall–Kier alpha value is -4.71. The van der Waals surface area contributed by atoms with Gasteiger partial charge in [-0.3, -0.25) is 19.3 Å². The van der Waals surface area contributed by atoms with Crippen LogP contribution in [-0.2, 0) is 14.9 Å². The van der Waals surface area contributed by atoms with Crippen LogP contribution in [0.1, 0.15) is 72.5 Å². The first-order chi connectivity index (χ1) is 25.8. The number of pyridine rings is 1. The summed E-state index contributed by atoms with van der Waals surface area (Å²) in [5.41, 5.74) is 1.46. The van der Waals surface area contributed by atoms with Crippen molar-refractivity contribution in [3.63, 3.8) is 0 Å². The van der Waals surface area contributed by atoms with Gasteiger partial charge in [-0.15, -0.1) is 0 Å². The molecule has 2 bridgehead atoms. The molecule has 53 heavy (non-hydrogen) atoms. The summed E-state index contributed by atoms with van der Waals surface area (Å²) in [6.45, 7) is 5.59. The number of amides is 1. The first-order valence-electron chi connectivity index (χ1n) is 19.1. The number of hydrogen-bond donors (Lipinski definition) is 4.